The molecule has 1 fully saturated rings. The molecule has 0 radical (unpaired) electrons. The highest BCUT2D eigenvalue weighted by Gasteiger charge is 2.46. The lowest BCUT2D eigenvalue weighted by Crippen LogP contribution is -2.41. The lowest BCUT2D eigenvalue weighted by Gasteiger charge is -2.21. The summed E-state index contributed by atoms with van der Waals surface area (Å²) in [7, 11) is 0. The first-order valence-electron chi connectivity index (χ1n) is 6.27. The van der Waals surface area contributed by atoms with Gasteiger partial charge in [-0.25, -0.2) is 0 Å². The van der Waals surface area contributed by atoms with E-state index in [0.717, 1.165) is 22.9 Å². The fraction of sp³-hybridized carbons (Fsp3) is 0.500. The highest BCUT2D eigenvalue weighted by atomic mass is 79.9. The van der Waals surface area contributed by atoms with E-state index in [1.807, 2.05) is 19.1 Å². The first kappa shape index (κ1) is 13.6. The second-order valence-electron chi connectivity index (χ2n) is 4.68. The van der Waals surface area contributed by atoms with Crippen LogP contribution in [-0.4, -0.2) is 18.6 Å². The van der Waals surface area contributed by atoms with Crippen molar-refractivity contribution < 1.29 is 9.53 Å². The third kappa shape index (κ3) is 2.93. The van der Waals surface area contributed by atoms with Crippen molar-refractivity contribution in [2.24, 2.45) is 0 Å². The first-order valence-corrected chi connectivity index (χ1v) is 7.06. The molecule has 0 saturated heterocycles. The van der Waals surface area contributed by atoms with Crippen molar-refractivity contribution in [2.75, 3.05) is 6.61 Å². The molecule has 1 N–H and O–H groups in total. The van der Waals surface area contributed by atoms with Crippen LogP contribution in [0.2, 0.25) is 0 Å². The van der Waals surface area contributed by atoms with Crippen molar-refractivity contribution in [3.63, 3.8) is 0 Å². The van der Waals surface area contributed by atoms with E-state index in [9.17, 15) is 4.79 Å². The van der Waals surface area contributed by atoms with Gasteiger partial charge in [0.1, 0.15) is 6.10 Å². The number of amides is 1. The molecule has 1 atom stereocenters. The van der Waals surface area contributed by atoms with Gasteiger partial charge in [-0.3, -0.25) is 4.79 Å². The average molecular weight is 312 g/mol. The molecule has 1 amide bonds. The zero-order valence-corrected chi connectivity index (χ0v) is 12.3. The van der Waals surface area contributed by atoms with Crippen LogP contribution in [0.5, 0.6) is 0 Å². The smallest absolute Gasteiger partial charge is 0.249 e. The summed E-state index contributed by atoms with van der Waals surface area (Å²) in [6.45, 7) is 4.24. The van der Waals surface area contributed by atoms with Gasteiger partial charge < -0.3 is 10.1 Å². The fourth-order valence-corrected chi connectivity index (χ4v) is 2.46. The standard InChI is InChI=1S/C14H18BrNO2/c1-3-18-10(2)13(17)16-14(7-8-14)11-5-4-6-12(15)9-11/h4-6,9-10H,3,7-8H2,1-2H3,(H,16,17)/t10-/m1/s1. The molecule has 1 saturated carbocycles. The highest BCUT2D eigenvalue weighted by Crippen LogP contribution is 2.46. The summed E-state index contributed by atoms with van der Waals surface area (Å²) < 4.78 is 6.36. The Bertz CT molecular complexity index is 443. The van der Waals surface area contributed by atoms with Crippen LogP contribution in [0, 0.1) is 0 Å². The second kappa shape index (κ2) is 5.41. The number of hydrogen-bond acceptors (Lipinski definition) is 2. The summed E-state index contributed by atoms with van der Waals surface area (Å²) in [5.41, 5.74) is 0.987. The molecule has 0 heterocycles. The van der Waals surface area contributed by atoms with Gasteiger partial charge in [0.25, 0.3) is 0 Å². The SMILES string of the molecule is CCO[C@H](C)C(=O)NC1(c2cccc(Br)c2)CC1. The monoisotopic (exact) mass is 311 g/mol. The minimum absolute atomic E-state index is 0.0330. The molecular formula is C14H18BrNO2. The number of hydrogen-bond donors (Lipinski definition) is 1. The van der Waals surface area contributed by atoms with E-state index in [2.05, 4.69) is 33.4 Å². The molecule has 1 aromatic carbocycles. The maximum Gasteiger partial charge on any atom is 0.249 e. The predicted octanol–water partition coefficient (Wildman–Crippen LogP) is 2.98. The summed E-state index contributed by atoms with van der Waals surface area (Å²) in [4.78, 5) is 12.0. The van der Waals surface area contributed by atoms with Crippen LogP contribution in [0.1, 0.15) is 32.3 Å². The van der Waals surface area contributed by atoms with E-state index in [-0.39, 0.29) is 17.6 Å². The molecule has 1 aliphatic carbocycles. The van der Waals surface area contributed by atoms with Gasteiger partial charge in [0.2, 0.25) is 5.91 Å². The largest absolute Gasteiger partial charge is 0.369 e. The molecule has 2 rings (SSSR count). The van der Waals surface area contributed by atoms with Crippen LogP contribution >= 0.6 is 15.9 Å². The molecule has 3 nitrogen and oxygen atoms in total. The Hall–Kier alpha value is -0.870. The lowest BCUT2D eigenvalue weighted by molar-refractivity contribution is -0.132. The predicted molar refractivity (Wildman–Crippen MR) is 74.3 cm³/mol. The van der Waals surface area contributed by atoms with E-state index in [1.54, 1.807) is 6.92 Å². The van der Waals surface area contributed by atoms with Crippen molar-refractivity contribution >= 4 is 21.8 Å². The summed E-state index contributed by atoms with van der Waals surface area (Å²) in [6, 6.07) is 8.11. The van der Waals surface area contributed by atoms with Gasteiger partial charge in [0.15, 0.2) is 0 Å². The summed E-state index contributed by atoms with van der Waals surface area (Å²) in [6.07, 6.45) is 1.60. The van der Waals surface area contributed by atoms with Gasteiger partial charge in [-0.2, -0.15) is 0 Å². The number of nitrogens with one attached hydrogen (secondary N) is 1. The molecule has 0 unspecified atom stereocenters. The molecule has 98 valence electrons. The summed E-state index contributed by atoms with van der Waals surface area (Å²) in [5.74, 6) is -0.0330. The van der Waals surface area contributed by atoms with E-state index in [4.69, 9.17) is 4.74 Å². The first-order chi connectivity index (χ1) is 8.57. The molecule has 0 bridgehead atoms. The minimum Gasteiger partial charge on any atom is -0.369 e. The zero-order chi connectivity index (χ0) is 13.2. The average Bonchev–Trinajstić information content (AvgIpc) is 3.10. The second-order valence-corrected chi connectivity index (χ2v) is 5.59. The van der Waals surface area contributed by atoms with Crippen LogP contribution in [0.25, 0.3) is 0 Å². The maximum atomic E-state index is 12.0. The molecular weight excluding hydrogens is 294 g/mol. The zero-order valence-electron chi connectivity index (χ0n) is 10.7. The Morgan fingerprint density at radius 2 is 2.28 bits per heavy atom. The van der Waals surface area contributed by atoms with Crippen molar-refractivity contribution in [1.29, 1.82) is 0 Å². The van der Waals surface area contributed by atoms with Crippen molar-refractivity contribution in [3.05, 3.63) is 34.3 Å². The van der Waals surface area contributed by atoms with Gasteiger partial charge in [-0.05, 0) is 44.4 Å². The van der Waals surface area contributed by atoms with Crippen LogP contribution < -0.4 is 5.32 Å². The normalized spacial score (nSPS) is 18.2. The molecule has 1 aromatic rings. The lowest BCUT2D eigenvalue weighted by atomic mass is 10.0. The van der Waals surface area contributed by atoms with E-state index >= 15 is 0 Å². The number of carbonyl (C=O) groups is 1. The van der Waals surface area contributed by atoms with E-state index < -0.39 is 0 Å². The molecule has 1 aliphatic rings. The number of halogens is 1. The third-order valence-corrected chi connectivity index (χ3v) is 3.77. The topological polar surface area (TPSA) is 38.3 Å². The van der Waals surface area contributed by atoms with E-state index in [1.165, 1.54) is 0 Å². The van der Waals surface area contributed by atoms with Gasteiger partial charge in [0, 0.05) is 11.1 Å². The molecule has 0 aromatic heterocycles. The Morgan fingerprint density at radius 3 is 2.83 bits per heavy atom. The summed E-state index contributed by atoms with van der Waals surface area (Å²) >= 11 is 3.47. The molecule has 4 heteroatoms. The van der Waals surface area contributed by atoms with E-state index in [0.29, 0.717) is 6.61 Å². The number of carbonyl (C=O) groups excluding carboxylic acids is 1. The van der Waals surface area contributed by atoms with Crippen LogP contribution in [0.15, 0.2) is 28.7 Å². The van der Waals surface area contributed by atoms with Crippen LogP contribution in [0.3, 0.4) is 0 Å². The molecule has 18 heavy (non-hydrogen) atoms. The van der Waals surface area contributed by atoms with Crippen LogP contribution in [-0.2, 0) is 15.1 Å². The Morgan fingerprint density at radius 1 is 1.56 bits per heavy atom. The van der Waals surface area contributed by atoms with Crippen molar-refractivity contribution in [1.82, 2.24) is 5.32 Å². The number of benzene rings is 1. The van der Waals surface area contributed by atoms with Crippen molar-refractivity contribution in [3.8, 4) is 0 Å². The fourth-order valence-electron chi connectivity index (χ4n) is 2.06. The minimum atomic E-state index is -0.389. The van der Waals surface area contributed by atoms with Gasteiger partial charge in [-0.15, -0.1) is 0 Å². The van der Waals surface area contributed by atoms with Crippen LogP contribution in [0.4, 0.5) is 0 Å². The Labute approximate surface area is 116 Å². The highest BCUT2D eigenvalue weighted by molar-refractivity contribution is 9.10. The van der Waals surface area contributed by atoms with Gasteiger partial charge in [-0.1, -0.05) is 28.1 Å². The van der Waals surface area contributed by atoms with Gasteiger partial charge in [0.05, 0.1) is 5.54 Å². The third-order valence-electron chi connectivity index (χ3n) is 3.28. The maximum absolute atomic E-state index is 12.0. The number of ether oxygens (including phenoxy) is 1. The number of rotatable bonds is 5. The quantitative estimate of drug-likeness (QED) is 0.908. The summed E-state index contributed by atoms with van der Waals surface area (Å²) in [5, 5.41) is 3.11. The molecule has 0 spiro atoms. The Kier molecular flexibility index (Phi) is 4.07. The Balaban J connectivity index is 2.07. The van der Waals surface area contributed by atoms with Crippen molar-refractivity contribution in [2.45, 2.75) is 38.3 Å². The molecule has 0 aliphatic heterocycles. The van der Waals surface area contributed by atoms with Gasteiger partial charge >= 0.3 is 0 Å².